The molecule has 20 heavy (non-hydrogen) atoms. The van der Waals surface area contributed by atoms with Gasteiger partial charge in [-0.2, -0.15) is 10.1 Å². The highest BCUT2D eigenvalue weighted by Gasteiger charge is 2.33. The molecule has 0 saturated carbocycles. The van der Waals surface area contributed by atoms with E-state index in [0.717, 1.165) is 0 Å². The summed E-state index contributed by atoms with van der Waals surface area (Å²) in [4.78, 5) is 15.8. The normalized spacial score (nSPS) is 17.6. The Morgan fingerprint density at radius 3 is 2.90 bits per heavy atom. The molecule has 2 aromatic rings. The molecule has 3 N–H and O–H groups in total. The molecule has 102 valence electrons. The Morgan fingerprint density at radius 2 is 2.20 bits per heavy atom. The molecule has 0 aliphatic carbocycles. The Kier molecular flexibility index (Phi) is 2.74. The minimum absolute atomic E-state index is 0.271. The molecule has 1 aromatic carbocycles. The smallest absolute Gasteiger partial charge is 0.248 e. The van der Waals surface area contributed by atoms with Crippen LogP contribution in [0.1, 0.15) is 18.5 Å². The van der Waals surface area contributed by atoms with Crippen LogP contribution >= 0.6 is 0 Å². The Labute approximate surface area is 114 Å². The number of carbonyl (C=O) groups excluding carboxylic acids is 1. The second-order valence-electron chi connectivity index (χ2n) is 4.48. The van der Waals surface area contributed by atoms with E-state index in [1.54, 1.807) is 25.1 Å². The highest BCUT2D eigenvalue weighted by atomic mass is 19.1. The maximum Gasteiger partial charge on any atom is 0.248 e. The van der Waals surface area contributed by atoms with Crippen LogP contribution in [0, 0.1) is 5.82 Å². The lowest BCUT2D eigenvalue weighted by atomic mass is 9.95. The van der Waals surface area contributed by atoms with Crippen LogP contribution < -0.4 is 11.1 Å². The van der Waals surface area contributed by atoms with Crippen LogP contribution in [0.2, 0.25) is 0 Å². The van der Waals surface area contributed by atoms with Crippen LogP contribution in [-0.4, -0.2) is 20.7 Å². The fourth-order valence-corrected chi connectivity index (χ4v) is 2.39. The van der Waals surface area contributed by atoms with Crippen LogP contribution in [0.25, 0.3) is 0 Å². The number of primary amides is 1. The molecule has 1 amide bonds. The number of anilines is 1. The summed E-state index contributed by atoms with van der Waals surface area (Å²) in [5.74, 6) is -0.599. The molecule has 1 aliphatic heterocycles. The van der Waals surface area contributed by atoms with E-state index in [9.17, 15) is 9.18 Å². The van der Waals surface area contributed by atoms with Crippen molar-refractivity contribution >= 4 is 11.9 Å². The van der Waals surface area contributed by atoms with Gasteiger partial charge in [0, 0.05) is 11.3 Å². The van der Waals surface area contributed by atoms with E-state index in [2.05, 4.69) is 15.4 Å². The van der Waals surface area contributed by atoms with Crippen molar-refractivity contribution in [2.24, 2.45) is 5.73 Å². The monoisotopic (exact) mass is 273 g/mol. The van der Waals surface area contributed by atoms with Gasteiger partial charge in [0.05, 0.1) is 5.57 Å². The number of hydrogen-bond acceptors (Lipinski definition) is 4. The van der Waals surface area contributed by atoms with E-state index < -0.39 is 17.8 Å². The van der Waals surface area contributed by atoms with Gasteiger partial charge in [0.25, 0.3) is 0 Å². The first kappa shape index (κ1) is 12.3. The third kappa shape index (κ3) is 1.75. The molecule has 1 atom stereocenters. The SMILES string of the molecule is CC1=C(C(N)=O)[C@H](c2ccccc2F)n2ncnc2N1. The van der Waals surface area contributed by atoms with Gasteiger partial charge < -0.3 is 11.1 Å². The van der Waals surface area contributed by atoms with Crippen molar-refractivity contribution in [3.8, 4) is 0 Å². The minimum atomic E-state index is -0.715. The largest absolute Gasteiger partial charge is 0.366 e. The summed E-state index contributed by atoms with van der Waals surface area (Å²) in [6, 6.07) is 5.51. The summed E-state index contributed by atoms with van der Waals surface area (Å²) in [6.07, 6.45) is 1.34. The maximum atomic E-state index is 14.1. The maximum absolute atomic E-state index is 14.1. The lowest BCUT2D eigenvalue weighted by Gasteiger charge is -2.27. The first-order valence-electron chi connectivity index (χ1n) is 6.01. The van der Waals surface area contributed by atoms with Crippen molar-refractivity contribution in [1.29, 1.82) is 0 Å². The van der Waals surface area contributed by atoms with Crippen molar-refractivity contribution in [1.82, 2.24) is 14.8 Å². The molecule has 6 nitrogen and oxygen atoms in total. The van der Waals surface area contributed by atoms with Crippen LogP contribution in [0.4, 0.5) is 10.3 Å². The van der Waals surface area contributed by atoms with Crippen LogP contribution in [0.15, 0.2) is 41.9 Å². The molecule has 1 aromatic heterocycles. The molecule has 2 heterocycles. The highest BCUT2D eigenvalue weighted by molar-refractivity contribution is 5.95. The number of allylic oxidation sites excluding steroid dienone is 1. The third-order valence-corrected chi connectivity index (χ3v) is 3.26. The molecular formula is C13H12FN5O. The summed E-state index contributed by atoms with van der Waals surface area (Å²) in [5, 5.41) is 6.99. The quantitative estimate of drug-likeness (QED) is 0.860. The predicted octanol–water partition coefficient (Wildman–Crippen LogP) is 1.19. The fourth-order valence-electron chi connectivity index (χ4n) is 2.39. The number of nitrogens with two attached hydrogens (primary N) is 1. The number of benzene rings is 1. The van der Waals surface area contributed by atoms with Crippen molar-refractivity contribution in [3.63, 3.8) is 0 Å². The summed E-state index contributed by atoms with van der Waals surface area (Å²) in [7, 11) is 0. The van der Waals surface area contributed by atoms with Gasteiger partial charge in [-0.05, 0) is 13.0 Å². The zero-order chi connectivity index (χ0) is 14.3. The predicted molar refractivity (Wildman–Crippen MR) is 70.1 cm³/mol. The number of nitrogens with one attached hydrogen (secondary N) is 1. The summed E-state index contributed by atoms with van der Waals surface area (Å²) >= 11 is 0. The Hall–Kier alpha value is -2.70. The summed E-state index contributed by atoms with van der Waals surface area (Å²) in [6.45, 7) is 1.70. The average molecular weight is 273 g/mol. The van der Waals surface area contributed by atoms with E-state index >= 15 is 0 Å². The van der Waals surface area contributed by atoms with Gasteiger partial charge in [0.1, 0.15) is 18.2 Å². The van der Waals surface area contributed by atoms with E-state index in [1.165, 1.54) is 17.1 Å². The summed E-state index contributed by atoms with van der Waals surface area (Å²) < 4.78 is 15.5. The van der Waals surface area contributed by atoms with Gasteiger partial charge in [0.2, 0.25) is 11.9 Å². The third-order valence-electron chi connectivity index (χ3n) is 3.26. The zero-order valence-electron chi connectivity index (χ0n) is 10.7. The van der Waals surface area contributed by atoms with Gasteiger partial charge in [-0.3, -0.25) is 4.79 Å². The lowest BCUT2D eigenvalue weighted by Crippen LogP contribution is -2.32. The Morgan fingerprint density at radius 1 is 1.45 bits per heavy atom. The number of fused-ring (bicyclic) bond motifs is 1. The second-order valence-corrected chi connectivity index (χ2v) is 4.48. The fraction of sp³-hybridized carbons (Fsp3) is 0.154. The van der Waals surface area contributed by atoms with Crippen LogP contribution in [-0.2, 0) is 4.79 Å². The van der Waals surface area contributed by atoms with E-state index in [1.807, 2.05) is 0 Å². The Bertz CT molecular complexity index is 721. The van der Waals surface area contributed by atoms with Gasteiger partial charge in [-0.15, -0.1) is 0 Å². The molecule has 7 heteroatoms. The van der Waals surface area contributed by atoms with E-state index in [4.69, 9.17) is 5.73 Å². The highest BCUT2D eigenvalue weighted by Crippen LogP contribution is 2.35. The second kappa shape index (κ2) is 4.44. The molecule has 3 rings (SSSR count). The van der Waals surface area contributed by atoms with Crippen molar-refractivity contribution in [2.45, 2.75) is 13.0 Å². The number of aromatic nitrogens is 3. The molecule has 0 saturated heterocycles. The number of rotatable bonds is 2. The van der Waals surface area contributed by atoms with Gasteiger partial charge in [0.15, 0.2) is 0 Å². The molecule has 0 fully saturated rings. The van der Waals surface area contributed by atoms with Crippen LogP contribution in [0.3, 0.4) is 0 Å². The van der Waals surface area contributed by atoms with Crippen LogP contribution in [0.5, 0.6) is 0 Å². The standard InChI is InChI=1S/C13H12FN5O/c1-7-10(12(15)20)11(8-4-2-3-5-9(8)14)19-13(18-7)16-6-17-19/h2-6,11H,1H3,(H2,15,20)(H,16,17,18)/t11-/m0/s1. The van der Waals surface area contributed by atoms with Crippen molar-refractivity contribution in [2.75, 3.05) is 5.32 Å². The molecule has 0 bridgehead atoms. The summed E-state index contributed by atoms with van der Waals surface area (Å²) in [5.41, 5.74) is 6.59. The number of amides is 1. The first-order chi connectivity index (χ1) is 9.59. The van der Waals surface area contributed by atoms with Gasteiger partial charge in [-0.1, -0.05) is 18.2 Å². The lowest BCUT2D eigenvalue weighted by molar-refractivity contribution is -0.115. The van der Waals surface area contributed by atoms with E-state index in [-0.39, 0.29) is 5.57 Å². The zero-order valence-corrected chi connectivity index (χ0v) is 10.7. The topological polar surface area (TPSA) is 85.8 Å². The Balaban J connectivity index is 2.25. The minimum Gasteiger partial charge on any atom is -0.366 e. The number of carbonyl (C=O) groups is 1. The number of hydrogen-bond donors (Lipinski definition) is 2. The first-order valence-corrected chi connectivity index (χ1v) is 6.01. The average Bonchev–Trinajstić information content (AvgIpc) is 2.85. The van der Waals surface area contributed by atoms with E-state index in [0.29, 0.717) is 17.2 Å². The molecule has 1 aliphatic rings. The number of nitrogens with zero attached hydrogens (tertiary/aromatic N) is 3. The number of halogens is 1. The van der Waals surface area contributed by atoms with Crippen molar-refractivity contribution < 1.29 is 9.18 Å². The molecule has 0 spiro atoms. The molecule has 0 radical (unpaired) electrons. The molecule has 0 unspecified atom stereocenters. The van der Waals surface area contributed by atoms with Crippen molar-refractivity contribution in [3.05, 3.63) is 53.2 Å². The van der Waals surface area contributed by atoms with Gasteiger partial charge in [-0.25, -0.2) is 9.07 Å². The van der Waals surface area contributed by atoms with Gasteiger partial charge >= 0.3 is 0 Å². The molecular weight excluding hydrogens is 261 g/mol.